The summed E-state index contributed by atoms with van der Waals surface area (Å²) < 4.78 is 5.35. The third-order valence-corrected chi connectivity index (χ3v) is 3.57. The minimum absolute atomic E-state index is 0.148. The Balaban J connectivity index is 2.29. The summed E-state index contributed by atoms with van der Waals surface area (Å²) in [6, 6.07) is 6.31. The number of methoxy groups -OCH3 is 1. The highest BCUT2D eigenvalue weighted by atomic mass is 16.5. The van der Waals surface area contributed by atoms with E-state index in [1.807, 2.05) is 0 Å². The highest BCUT2D eigenvalue weighted by Crippen LogP contribution is 2.52. The minimum atomic E-state index is -0.148. The maximum atomic E-state index is 6.42. The van der Waals surface area contributed by atoms with Gasteiger partial charge >= 0.3 is 0 Å². The zero-order valence-electron chi connectivity index (χ0n) is 10.6. The SMILES string of the molecule is COc1cc(C2(N)CC(C)(C)C2)ccc1C. The van der Waals surface area contributed by atoms with Crippen molar-refractivity contribution in [3.63, 3.8) is 0 Å². The first kappa shape index (κ1) is 11.5. The molecule has 1 aliphatic carbocycles. The molecule has 0 unspecified atom stereocenters. The van der Waals surface area contributed by atoms with Crippen LogP contribution in [0.25, 0.3) is 0 Å². The molecule has 0 aromatic heterocycles. The van der Waals surface area contributed by atoms with Crippen LogP contribution in [0.2, 0.25) is 0 Å². The summed E-state index contributed by atoms with van der Waals surface area (Å²) >= 11 is 0. The van der Waals surface area contributed by atoms with Crippen molar-refractivity contribution in [2.45, 2.75) is 39.2 Å². The first-order valence-electron chi connectivity index (χ1n) is 5.80. The summed E-state index contributed by atoms with van der Waals surface area (Å²) in [5.41, 5.74) is 9.01. The molecule has 0 spiro atoms. The lowest BCUT2D eigenvalue weighted by Crippen LogP contribution is -2.53. The highest BCUT2D eigenvalue weighted by molar-refractivity contribution is 5.40. The Morgan fingerprint density at radius 3 is 2.38 bits per heavy atom. The third-order valence-electron chi connectivity index (χ3n) is 3.57. The zero-order valence-corrected chi connectivity index (χ0v) is 10.6. The summed E-state index contributed by atoms with van der Waals surface area (Å²) in [5.74, 6) is 0.937. The molecule has 2 N–H and O–H groups in total. The van der Waals surface area contributed by atoms with Gasteiger partial charge in [-0.1, -0.05) is 26.0 Å². The number of aryl methyl sites for hydroxylation is 1. The number of rotatable bonds is 2. The molecule has 0 bridgehead atoms. The zero-order chi connectivity index (χ0) is 12.0. The molecule has 0 aliphatic heterocycles. The van der Waals surface area contributed by atoms with Gasteiger partial charge in [0.2, 0.25) is 0 Å². The van der Waals surface area contributed by atoms with E-state index in [1.54, 1.807) is 7.11 Å². The van der Waals surface area contributed by atoms with Crippen LogP contribution in [-0.2, 0) is 5.54 Å². The van der Waals surface area contributed by atoms with E-state index >= 15 is 0 Å². The van der Waals surface area contributed by atoms with E-state index in [-0.39, 0.29) is 5.54 Å². The van der Waals surface area contributed by atoms with Crippen LogP contribution in [0.15, 0.2) is 18.2 Å². The first-order chi connectivity index (χ1) is 7.36. The molecular weight excluding hydrogens is 198 g/mol. The molecule has 0 saturated heterocycles. The fourth-order valence-electron chi connectivity index (χ4n) is 2.99. The van der Waals surface area contributed by atoms with Gasteiger partial charge in [0.15, 0.2) is 0 Å². The summed E-state index contributed by atoms with van der Waals surface area (Å²) in [6.45, 7) is 6.59. The number of benzene rings is 1. The van der Waals surface area contributed by atoms with Crippen LogP contribution < -0.4 is 10.5 Å². The van der Waals surface area contributed by atoms with E-state index in [0.29, 0.717) is 5.41 Å². The minimum Gasteiger partial charge on any atom is -0.496 e. The molecule has 0 heterocycles. The molecule has 2 rings (SSSR count). The average Bonchev–Trinajstić information content (AvgIpc) is 2.15. The Labute approximate surface area is 97.8 Å². The number of ether oxygens (including phenoxy) is 1. The van der Waals surface area contributed by atoms with Gasteiger partial charge in [-0.15, -0.1) is 0 Å². The number of hydrogen-bond acceptors (Lipinski definition) is 2. The second-order valence-corrected chi connectivity index (χ2v) is 5.86. The smallest absolute Gasteiger partial charge is 0.122 e. The van der Waals surface area contributed by atoms with Crippen molar-refractivity contribution in [1.82, 2.24) is 0 Å². The summed E-state index contributed by atoms with van der Waals surface area (Å²) in [4.78, 5) is 0. The average molecular weight is 219 g/mol. The molecule has 0 radical (unpaired) electrons. The van der Waals surface area contributed by atoms with Gasteiger partial charge < -0.3 is 10.5 Å². The molecule has 0 amide bonds. The van der Waals surface area contributed by atoms with Gasteiger partial charge in [0, 0.05) is 5.54 Å². The van der Waals surface area contributed by atoms with Crippen molar-refractivity contribution in [1.29, 1.82) is 0 Å². The van der Waals surface area contributed by atoms with E-state index < -0.39 is 0 Å². The fraction of sp³-hybridized carbons (Fsp3) is 0.571. The predicted octanol–water partition coefficient (Wildman–Crippen LogP) is 2.98. The Bertz CT molecular complexity index is 401. The molecule has 2 nitrogen and oxygen atoms in total. The second kappa shape index (κ2) is 3.49. The van der Waals surface area contributed by atoms with Gasteiger partial charge in [0.25, 0.3) is 0 Å². The van der Waals surface area contributed by atoms with Crippen molar-refractivity contribution in [3.05, 3.63) is 29.3 Å². The highest BCUT2D eigenvalue weighted by Gasteiger charge is 2.47. The third kappa shape index (κ3) is 1.82. The number of nitrogens with two attached hydrogens (primary N) is 1. The lowest BCUT2D eigenvalue weighted by atomic mass is 9.57. The van der Waals surface area contributed by atoms with Crippen LogP contribution in [0.1, 0.15) is 37.8 Å². The van der Waals surface area contributed by atoms with E-state index in [4.69, 9.17) is 10.5 Å². The fourth-order valence-corrected chi connectivity index (χ4v) is 2.99. The van der Waals surface area contributed by atoms with Crippen LogP contribution >= 0.6 is 0 Å². The normalized spacial score (nSPS) is 21.3. The Kier molecular flexibility index (Phi) is 2.50. The van der Waals surface area contributed by atoms with E-state index in [2.05, 4.69) is 39.0 Å². The first-order valence-corrected chi connectivity index (χ1v) is 5.80. The van der Waals surface area contributed by atoms with Crippen LogP contribution in [0.3, 0.4) is 0 Å². The lowest BCUT2D eigenvalue weighted by Gasteiger charge is -2.51. The van der Waals surface area contributed by atoms with Gasteiger partial charge in [-0.25, -0.2) is 0 Å². The molecule has 1 aromatic carbocycles. The van der Waals surface area contributed by atoms with Crippen LogP contribution in [0.4, 0.5) is 0 Å². The molecule has 1 saturated carbocycles. The lowest BCUT2D eigenvalue weighted by molar-refractivity contribution is 0.0616. The van der Waals surface area contributed by atoms with Gasteiger partial charge in [-0.3, -0.25) is 0 Å². The molecule has 0 atom stereocenters. The van der Waals surface area contributed by atoms with Gasteiger partial charge in [-0.2, -0.15) is 0 Å². The monoisotopic (exact) mass is 219 g/mol. The maximum absolute atomic E-state index is 6.42. The second-order valence-electron chi connectivity index (χ2n) is 5.86. The van der Waals surface area contributed by atoms with E-state index in [9.17, 15) is 0 Å². The van der Waals surface area contributed by atoms with Crippen molar-refractivity contribution >= 4 is 0 Å². The van der Waals surface area contributed by atoms with Crippen molar-refractivity contribution < 1.29 is 4.74 Å². The summed E-state index contributed by atoms with van der Waals surface area (Å²) in [7, 11) is 1.71. The molecule has 16 heavy (non-hydrogen) atoms. The van der Waals surface area contributed by atoms with Gasteiger partial charge in [0.1, 0.15) is 5.75 Å². The van der Waals surface area contributed by atoms with Crippen molar-refractivity contribution in [2.75, 3.05) is 7.11 Å². The van der Waals surface area contributed by atoms with E-state index in [0.717, 1.165) is 24.2 Å². The van der Waals surface area contributed by atoms with Gasteiger partial charge in [-0.05, 0) is 42.4 Å². The summed E-state index contributed by atoms with van der Waals surface area (Å²) in [6.07, 6.45) is 2.10. The van der Waals surface area contributed by atoms with Crippen molar-refractivity contribution in [2.24, 2.45) is 11.1 Å². The van der Waals surface area contributed by atoms with Crippen LogP contribution in [-0.4, -0.2) is 7.11 Å². The quantitative estimate of drug-likeness (QED) is 0.830. The van der Waals surface area contributed by atoms with Crippen molar-refractivity contribution in [3.8, 4) is 5.75 Å². The topological polar surface area (TPSA) is 35.2 Å². The van der Waals surface area contributed by atoms with Gasteiger partial charge in [0.05, 0.1) is 7.11 Å². The standard InChI is InChI=1S/C14H21NO/c1-10-5-6-11(7-12(10)16-4)14(15)8-13(2,3)9-14/h5-7H,8-9,15H2,1-4H3. The maximum Gasteiger partial charge on any atom is 0.122 e. The molecule has 1 aromatic rings. The Hall–Kier alpha value is -1.02. The molecule has 1 fully saturated rings. The van der Waals surface area contributed by atoms with E-state index in [1.165, 1.54) is 5.56 Å². The van der Waals surface area contributed by atoms with Crippen LogP contribution in [0.5, 0.6) is 5.75 Å². The molecule has 1 aliphatic rings. The molecule has 2 heteroatoms. The Morgan fingerprint density at radius 1 is 1.25 bits per heavy atom. The molecule has 88 valence electrons. The van der Waals surface area contributed by atoms with Crippen LogP contribution in [0, 0.1) is 12.3 Å². The summed E-state index contributed by atoms with van der Waals surface area (Å²) in [5, 5.41) is 0. The molecular formula is C14H21NO. The predicted molar refractivity (Wildman–Crippen MR) is 66.6 cm³/mol. The largest absolute Gasteiger partial charge is 0.496 e. The Morgan fingerprint density at radius 2 is 1.88 bits per heavy atom. The number of hydrogen-bond donors (Lipinski definition) is 1.